The number of nitrogens with two attached hydrogens (primary N) is 1. The first kappa shape index (κ1) is 23.1. The van der Waals surface area contributed by atoms with Crippen LogP contribution in [0.25, 0.3) is 0 Å². The predicted octanol–water partition coefficient (Wildman–Crippen LogP) is 2.69. The first-order chi connectivity index (χ1) is 15.2. The molecule has 0 aromatic heterocycles. The van der Waals surface area contributed by atoms with Crippen molar-refractivity contribution >= 4 is 11.9 Å². The molecule has 2 unspecified atom stereocenters. The van der Waals surface area contributed by atoms with E-state index in [0.717, 1.165) is 0 Å². The Hall–Kier alpha value is -3.52. The SMILES string of the molecule is CCC(COC1(CC)C=CC=C2NC(C)=C(C(=O)O)C(N)=C21)NC(=O)c1ccccc1O. The number of aromatic hydroxyl groups is 1. The fourth-order valence-corrected chi connectivity index (χ4v) is 4.00. The van der Waals surface area contributed by atoms with Crippen molar-refractivity contribution in [2.24, 2.45) is 5.73 Å². The lowest BCUT2D eigenvalue weighted by molar-refractivity contribution is -0.132. The molecular formula is C24H29N3O5. The molecule has 8 heteroatoms. The third kappa shape index (κ3) is 4.27. The van der Waals surface area contributed by atoms with Gasteiger partial charge in [-0.3, -0.25) is 4.79 Å². The fraction of sp³-hybridized carbons (Fsp3) is 0.333. The normalized spacial score (nSPS) is 20.9. The van der Waals surface area contributed by atoms with Crippen LogP contribution in [-0.4, -0.2) is 40.3 Å². The van der Waals surface area contributed by atoms with Crippen LogP contribution in [0, 0.1) is 0 Å². The van der Waals surface area contributed by atoms with Crippen molar-refractivity contribution in [1.29, 1.82) is 0 Å². The minimum absolute atomic E-state index is 0.0220. The third-order valence-corrected chi connectivity index (χ3v) is 5.81. The van der Waals surface area contributed by atoms with Gasteiger partial charge in [0, 0.05) is 17.0 Å². The maximum Gasteiger partial charge on any atom is 0.339 e. The number of carboxylic acid groups (broad SMARTS) is 1. The number of carboxylic acids is 1. The van der Waals surface area contributed by atoms with Crippen molar-refractivity contribution in [3.63, 3.8) is 0 Å². The van der Waals surface area contributed by atoms with Crippen molar-refractivity contribution in [2.75, 3.05) is 6.61 Å². The third-order valence-electron chi connectivity index (χ3n) is 5.81. The summed E-state index contributed by atoms with van der Waals surface area (Å²) in [6.45, 7) is 5.69. The molecule has 1 aliphatic carbocycles. The van der Waals surface area contributed by atoms with Gasteiger partial charge in [0.25, 0.3) is 5.91 Å². The summed E-state index contributed by atoms with van der Waals surface area (Å²) in [5.74, 6) is -1.60. The molecule has 0 radical (unpaired) electrons. The molecule has 170 valence electrons. The minimum atomic E-state index is -1.11. The molecule has 0 bridgehead atoms. The molecule has 6 N–H and O–H groups in total. The van der Waals surface area contributed by atoms with Gasteiger partial charge in [-0.2, -0.15) is 0 Å². The quantitative estimate of drug-likeness (QED) is 0.420. The van der Waals surface area contributed by atoms with Crippen LogP contribution in [0.2, 0.25) is 0 Å². The minimum Gasteiger partial charge on any atom is -0.507 e. The molecule has 1 aromatic rings. The average molecular weight is 440 g/mol. The number of phenolic OH excluding ortho intramolecular Hbond substituents is 1. The number of fused-ring (bicyclic) bond motifs is 1. The second-order valence-corrected chi connectivity index (χ2v) is 7.81. The number of carbonyl (C=O) groups excluding carboxylic acids is 1. The van der Waals surface area contributed by atoms with Crippen LogP contribution in [0.1, 0.15) is 44.0 Å². The monoisotopic (exact) mass is 439 g/mol. The molecule has 1 amide bonds. The number of ether oxygens (including phenoxy) is 1. The van der Waals surface area contributed by atoms with Crippen LogP contribution >= 0.6 is 0 Å². The Morgan fingerprint density at radius 1 is 1.28 bits per heavy atom. The summed E-state index contributed by atoms with van der Waals surface area (Å²) in [5.41, 5.74) is 7.50. The summed E-state index contributed by atoms with van der Waals surface area (Å²) in [4.78, 5) is 24.4. The largest absolute Gasteiger partial charge is 0.507 e. The summed E-state index contributed by atoms with van der Waals surface area (Å²) >= 11 is 0. The molecule has 1 aromatic carbocycles. The molecule has 32 heavy (non-hydrogen) atoms. The van der Waals surface area contributed by atoms with Crippen LogP contribution in [0.5, 0.6) is 5.75 Å². The Balaban J connectivity index is 1.85. The molecule has 1 heterocycles. The van der Waals surface area contributed by atoms with Gasteiger partial charge in [0.1, 0.15) is 16.9 Å². The van der Waals surface area contributed by atoms with E-state index < -0.39 is 17.5 Å². The van der Waals surface area contributed by atoms with Crippen LogP contribution in [0.4, 0.5) is 0 Å². The zero-order valence-corrected chi connectivity index (χ0v) is 18.4. The zero-order chi connectivity index (χ0) is 23.5. The van der Waals surface area contributed by atoms with E-state index in [9.17, 15) is 19.8 Å². The summed E-state index contributed by atoms with van der Waals surface area (Å²) < 4.78 is 6.34. The van der Waals surface area contributed by atoms with Crippen molar-refractivity contribution in [3.8, 4) is 5.75 Å². The number of allylic oxidation sites excluding steroid dienone is 3. The van der Waals surface area contributed by atoms with E-state index in [1.165, 1.54) is 6.07 Å². The second kappa shape index (κ2) is 9.32. The van der Waals surface area contributed by atoms with Crippen molar-refractivity contribution < 1.29 is 24.5 Å². The zero-order valence-electron chi connectivity index (χ0n) is 18.4. The van der Waals surface area contributed by atoms with Gasteiger partial charge < -0.3 is 31.3 Å². The van der Waals surface area contributed by atoms with E-state index in [4.69, 9.17) is 10.5 Å². The van der Waals surface area contributed by atoms with Gasteiger partial charge in [0.05, 0.1) is 23.9 Å². The summed E-state index contributed by atoms with van der Waals surface area (Å²) in [7, 11) is 0. The van der Waals surface area contributed by atoms with Gasteiger partial charge in [-0.25, -0.2) is 4.79 Å². The Kier molecular flexibility index (Phi) is 6.74. The van der Waals surface area contributed by atoms with E-state index in [1.807, 2.05) is 32.1 Å². The summed E-state index contributed by atoms with van der Waals surface area (Å²) in [6.07, 6.45) is 6.65. The van der Waals surface area contributed by atoms with Crippen LogP contribution in [-0.2, 0) is 9.53 Å². The van der Waals surface area contributed by atoms with Gasteiger partial charge in [-0.1, -0.05) is 32.1 Å². The summed E-state index contributed by atoms with van der Waals surface area (Å²) in [5, 5.41) is 25.6. The maximum atomic E-state index is 12.6. The second-order valence-electron chi connectivity index (χ2n) is 7.81. The average Bonchev–Trinajstić information content (AvgIpc) is 2.76. The highest BCUT2D eigenvalue weighted by Crippen LogP contribution is 2.40. The Morgan fingerprint density at radius 2 is 2.00 bits per heavy atom. The van der Waals surface area contributed by atoms with Crippen LogP contribution in [0.3, 0.4) is 0 Å². The highest BCUT2D eigenvalue weighted by Gasteiger charge is 2.41. The Labute approximate surface area is 187 Å². The number of carbonyl (C=O) groups is 2. The molecule has 0 saturated heterocycles. The topological polar surface area (TPSA) is 134 Å². The molecule has 0 saturated carbocycles. The highest BCUT2D eigenvalue weighted by molar-refractivity contribution is 5.97. The number of para-hydroxylation sites is 1. The standard InChI is InChI=1S/C24H29N3O5/c1-4-15(27-22(29)16-9-6-7-11-18(16)28)13-32-24(5-2)12-8-10-17-20(24)21(25)19(23(30)31)14(3)26-17/h6-12,15,26,28H,4-5,13,25H2,1-3H3,(H,27,29)(H,30,31). The van der Waals surface area contributed by atoms with Crippen LogP contribution < -0.4 is 16.4 Å². The number of hydrogen-bond donors (Lipinski definition) is 5. The molecule has 3 rings (SSSR count). The Morgan fingerprint density at radius 3 is 2.62 bits per heavy atom. The molecule has 8 nitrogen and oxygen atoms in total. The maximum absolute atomic E-state index is 12.6. The molecule has 0 fully saturated rings. The first-order valence-electron chi connectivity index (χ1n) is 10.6. The highest BCUT2D eigenvalue weighted by atomic mass is 16.5. The molecular weight excluding hydrogens is 410 g/mol. The van der Waals surface area contributed by atoms with Gasteiger partial charge in [0.2, 0.25) is 0 Å². The number of dihydropyridines is 1. The van der Waals surface area contributed by atoms with E-state index in [1.54, 1.807) is 25.1 Å². The van der Waals surface area contributed by atoms with E-state index in [-0.39, 0.29) is 35.2 Å². The fourth-order valence-electron chi connectivity index (χ4n) is 4.00. The Bertz CT molecular complexity index is 1050. The van der Waals surface area contributed by atoms with E-state index >= 15 is 0 Å². The lowest BCUT2D eigenvalue weighted by Gasteiger charge is -2.40. The number of hydrogen-bond acceptors (Lipinski definition) is 6. The van der Waals surface area contributed by atoms with Gasteiger partial charge in [-0.15, -0.1) is 0 Å². The van der Waals surface area contributed by atoms with Crippen molar-refractivity contribution in [2.45, 2.75) is 45.3 Å². The lowest BCUT2D eigenvalue weighted by atomic mass is 9.80. The van der Waals surface area contributed by atoms with Crippen molar-refractivity contribution in [1.82, 2.24) is 10.6 Å². The number of rotatable bonds is 8. The molecule has 0 spiro atoms. The van der Waals surface area contributed by atoms with E-state index in [0.29, 0.717) is 29.8 Å². The number of aliphatic carboxylic acids is 1. The van der Waals surface area contributed by atoms with Crippen LogP contribution in [0.15, 0.2) is 70.7 Å². The lowest BCUT2D eigenvalue weighted by Crippen LogP contribution is -2.46. The van der Waals surface area contributed by atoms with Gasteiger partial charge in [-0.05, 0) is 44.1 Å². The molecule has 2 atom stereocenters. The number of amides is 1. The molecule has 1 aliphatic heterocycles. The number of nitrogens with one attached hydrogen (secondary N) is 2. The number of phenols is 1. The van der Waals surface area contributed by atoms with Crippen molar-refractivity contribution in [3.05, 3.63) is 76.3 Å². The number of benzene rings is 1. The summed E-state index contributed by atoms with van der Waals surface area (Å²) in [6, 6.07) is 6.01. The van der Waals surface area contributed by atoms with E-state index in [2.05, 4.69) is 10.6 Å². The predicted molar refractivity (Wildman–Crippen MR) is 121 cm³/mol. The molecule has 2 aliphatic rings. The van der Waals surface area contributed by atoms with Gasteiger partial charge >= 0.3 is 5.97 Å². The first-order valence-corrected chi connectivity index (χ1v) is 10.6. The van der Waals surface area contributed by atoms with Gasteiger partial charge in [0.15, 0.2) is 0 Å². The smallest absolute Gasteiger partial charge is 0.339 e.